The van der Waals surface area contributed by atoms with E-state index in [-0.39, 0.29) is 0 Å². The number of rotatable bonds is 1. The first-order valence-corrected chi connectivity index (χ1v) is 7.46. The van der Waals surface area contributed by atoms with Crippen LogP contribution in [0.2, 0.25) is 0 Å². The van der Waals surface area contributed by atoms with Crippen LogP contribution in [0.15, 0.2) is 42.5 Å². The monoisotopic (exact) mass is 275 g/mol. The van der Waals surface area contributed by atoms with Crippen molar-refractivity contribution in [2.75, 3.05) is 5.73 Å². The Labute approximate surface area is 123 Å². The Morgan fingerprint density at radius 1 is 0.857 bits per heavy atom. The zero-order valence-corrected chi connectivity index (χ0v) is 11.8. The third kappa shape index (κ3) is 2.05. The second kappa shape index (κ2) is 4.85. The normalized spacial score (nSPS) is 14.1. The summed E-state index contributed by atoms with van der Waals surface area (Å²) >= 11 is 0. The van der Waals surface area contributed by atoms with Gasteiger partial charge in [-0.3, -0.25) is 0 Å². The molecule has 0 unspecified atom stereocenters. The van der Waals surface area contributed by atoms with Crippen LogP contribution in [0.5, 0.6) is 0 Å². The first-order valence-electron chi connectivity index (χ1n) is 7.46. The molecule has 0 saturated heterocycles. The van der Waals surface area contributed by atoms with Gasteiger partial charge in [0.05, 0.1) is 0 Å². The van der Waals surface area contributed by atoms with E-state index in [0.29, 0.717) is 5.82 Å². The van der Waals surface area contributed by atoms with Gasteiger partial charge in [0, 0.05) is 16.8 Å². The SMILES string of the molecule is Nc1nc(-c2cccc3ccccc23)nc2c1CCCC2. The van der Waals surface area contributed by atoms with Crippen LogP contribution >= 0.6 is 0 Å². The zero-order valence-electron chi connectivity index (χ0n) is 11.8. The lowest BCUT2D eigenvalue weighted by Crippen LogP contribution is -2.11. The molecule has 0 spiro atoms. The average molecular weight is 275 g/mol. The summed E-state index contributed by atoms with van der Waals surface area (Å²) in [6.07, 6.45) is 4.41. The smallest absolute Gasteiger partial charge is 0.162 e. The van der Waals surface area contributed by atoms with Crippen molar-refractivity contribution in [1.29, 1.82) is 0 Å². The van der Waals surface area contributed by atoms with Gasteiger partial charge in [-0.1, -0.05) is 42.5 Å². The van der Waals surface area contributed by atoms with Crippen LogP contribution < -0.4 is 5.73 Å². The maximum Gasteiger partial charge on any atom is 0.162 e. The van der Waals surface area contributed by atoms with Gasteiger partial charge in [-0.15, -0.1) is 0 Å². The summed E-state index contributed by atoms with van der Waals surface area (Å²) in [7, 11) is 0. The quantitative estimate of drug-likeness (QED) is 0.735. The molecule has 0 radical (unpaired) electrons. The van der Waals surface area contributed by atoms with Crippen molar-refractivity contribution in [3.63, 3.8) is 0 Å². The van der Waals surface area contributed by atoms with E-state index in [1.807, 2.05) is 12.1 Å². The van der Waals surface area contributed by atoms with Gasteiger partial charge >= 0.3 is 0 Å². The summed E-state index contributed by atoms with van der Waals surface area (Å²) in [5, 5.41) is 2.38. The molecule has 104 valence electrons. The number of benzene rings is 2. The van der Waals surface area contributed by atoms with Crippen molar-refractivity contribution in [3.8, 4) is 11.4 Å². The Bertz CT molecular complexity index is 819. The van der Waals surface area contributed by atoms with Crippen LogP contribution in [0.25, 0.3) is 22.2 Å². The number of aryl methyl sites for hydroxylation is 1. The van der Waals surface area contributed by atoms with Gasteiger partial charge in [-0.05, 0) is 36.5 Å². The molecule has 0 fully saturated rings. The predicted molar refractivity (Wildman–Crippen MR) is 86.0 cm³/mol. The average Bonchev–Trinajstić information content (AvgIpc) is 2.54. The lowest BCUT2D eigenvalue weighted by molar-refractivity contribution is 0.666. The van der Waals surface area contributed by atoms with Gasteiger partial charge < -0.3 is 5.73 Å². The summed E-state index contributed by atoms with van der Waals surface area (Å²) in [5.41, 5.74) is 9.53. The number of nitrogens with two attached hydrogens (primary N) is 1. The maximum atomic E-state index is 6.17. The lowest BCUT2D eigenvalue weighted by Gasteiger charge is -2.17. The molecular weight excluding hydrogens is 258 g/mol. The van der Waals surface area contributed by atoms with Gasteiger partial charge in [0.1, 0.15) is 5.82 Å². The second-order valence-corrected chi connectivity index (χ2v) is 5.59. The van der Waals surface area contributed by atoms with Crippen molar-refractivity contribution in [2.24, 2.45) is 0 Å². The minimum atomic E-state index is 0.655. The Morgan fingerprint density at radius 2 is 1.67 bits per heavy atom. The Balaban J connectivity index is 1.95. The van der Waals surface area contributed by atoms with Crippen molar-refractivity contribution in [3.05, 3.63) is 53.7 Å². The molecule has 3 nitrogen and oxygen atoms in total. The molecule has 1 aliphatic carbocycles. The topological polar surface area (TPSA) is 51.8 Å². The first kappa shape index (κ1) is 12.3. The number of fused-ring (bicyclic) bond motifs is 2. The van der Waals surface area contributed by atoms with E-state index in [0.717, 1.165) is 35.5 Å². The van der Waals surface area contributed by atoms with Crippen LogP contribution in [0, 0.1) is 0 Å². The van der Waals surface area contributed by atoms with Gasteiger partial charge in [-0.2, -0.15) is 0 Å². The summed E-state index contributed by atoms with van der Waals surface area (Å²) in [5.74, 6) is 1.41. The predicted octanol–water partition coefficient (Wildman–Crippen LogP) is 3.76. The molecule has 0 amide bonds. The van der Waals surface area contributed by atoms with E-state index < -0.39 is 0 Å². The summed E-state index contributed by atoms with van der Waals surface area (Å²) < 4.78 is 0. The number of nitrogen functional groups attached to an aromatic ring is 1. The molecular formula is C18H17N3. The van der Waals surface area contributed by atoms with E-state index in [9.17, 15) is 0 Å². The maximum absolute atomic E-state index is 6.17. The molecule has 4 rings (SSSR count). The molecule has 21 heavy (non-hydrogen) atoms. The number of aromatic nitrogens is 2. The van der Waals surface area contributed by atoms with Crippen molar-refractivity contribution in [2.45, 2.75) is 25.7 Å². The molecule has 2 N–H and O–H groups in total. The summed E-state index contributed by atoms with van der Waals surface area (Å²) in [6.45, 7) is 0. The van der Waals surface area contributed by atoms with E-state index >= 15 is 0 Å². The van der Waals surface area contributed by atoms with Crippen LogP contribution in [-0.2, 0) is 12.8 Å². The highest BCUT2D eigenvalue weighted by Crippen LogP contribution is 2.30. The largest absolute Gasteiger partial charge is 0.383 e. The third-order valence-corrected chi connectivity index (χ3v) is 4.25. The van der Waals surface area contributed by atoms with Crippen molar-refractivity contribution >= 4 is 16.6 Å². The highest BCUT2D eigenvalue weighted by molar-refractivity contribution is 5.95. The minimum Gasteiger partial charge on any atom is -0.383 e. The van der Waals surface area contributed by atoms with Crippen LogP contribution in [-0.4, -0.2) is 9.97 Å². The highest BCUT2D eigenvalue weighted by Gasteiger charge is 2.17. The van der Waals surface area contributed by atoms with Gasteiger partial charge in [-0.25, -0.2) is 9.97 Å². The molecule has 0 atom stereocenters. The van der Waals surface area contributed by atoms with E-state index in [4.69, 9.17) is 10.7 Å². The van der Waals surface area contributed by atoms with Gasteiger partial charge in [0.2, 0.25) is 0 Å². The van der Waals surface area contributed by atoms with Crippen LogP contribution in [0.1, 0.15) is 24.1 Å². The fourth-order valence-electron chi connectivity index (χ4n) is 3.16. The molecule has 0 bridgehead atoms. The Hall–Kier alpha value is -2.42. The Morgan fingerprint density at radius 3 is 2.62 bits per heavy atom. The molecule has 1 aromatic heterocycles. The zero-order chi connectivity index (χ0) is 14.2. The van der Waals surface area contributed by atoms with Crippen LogP contribution in [0.3, 0.4) is 0 Å². The molecule has 1 heterocycles. The molecule has 3 heteroatoms. The summed E-state index contributed by atoms with van der Waals surface area (Å²) in [6, 6.07) is 14.6. The van der Waals surface area contributed by atoms with Crippen LogP contribution in [0.4, 0.5) is 5.82 Å². The molecule has 0 saturated carbocycles. The Kier molecular flexibility index (Phi) is 2.85. The first-order chi connectivity index (χ1) is 10.3. The number of anilines is 1. The van der Waals surface area contributed by atoms with Gasteiger partial charge in [0.25, 0.3) is 0 Å². The second-order valence-electron chi connectivity index (χ2n) is 5.59. The molecule has 2 aromatic carbocycles. The lowest BCUT2D eigenvalue weighted by atomic mass is 9.96. The van der Waals surface area contributed by atoms with E-state index in [1.54, 1.807) is 0 Å². The van der Waals surface area contributed by atoms with Gasteiger partial charge in [0.15, 0.2) is 5.82 Å². The third-order valence-electron chi connectivity index (χ3n) is 4.25. The van der Waals surface area contributed by atoms with E-state index in [1.165, 1.54) is 23.6 Å². The number of hydrogen-bond acceptors (Lipinski definition) is 3. The molecule has 0 aliphatic heterocycles. The number of hydrogen-bond donors (Lipinski definition) is 1. The highest BCUT2D eigenvalue weighted by atomic mass is 15.0. The number of nitrogens with zero attached hydrogens (tertiary/aromatic N) is 2. The fraction of sp³-hybridized carbons (Fsp3) is 0.222. The fourth-order valence-corrected chi connectivity index (χ4v) is 3.16. The minimum absolute atomic E-state index is 0.655. The van der Waals surface area contributed by atoms with Crippen molar-refractivity contribution in [1.82, 2.24) is 9.97 Å². The standard InChI is InChI=1S/C18H17N3/c19-17-15-9-3-4-11-16(15)20-18(21-17)14-10-5-7-12-6-1-2-8-13(12)14/h1-2,5-8,10H,3-4,9,11H2,(H2,19,20,21). The van der Waals surface area contributed by atoms with Crippen molar-refractivity contribution < 1.29 is 0 Å². The molecule has 3 aromatic rings. The molecule has 1 aliphatic rings. The van der Waals surface area contributed by atoms with E-state index in [2.05, 4.69) is 35.3 Å². The summed E-state index contributed by atoms with van der Waals surface area (Å²) in [4.78, 5) is 9.38.